The summed E-state index contributed by atoms with van der Waals surface area (Å²) in [5, 5.41) is 3.22. The van der Waals surface area contributed by atoms with Gasteiger partial charge in [0, 0.05) is 30.8 Å². The molecule has 0 amide bonds. The molecule has 2 rings (SSSR count). The highest BCUT2D eigenvalue weighted by atomic mass is 16.5. The first-order chi connectivity index (χ1) is 8.76. The number of hydrogen-bond acceptors (Lipinski definition) is 5. The van der Waals surface area contributed by atoms with E-state index in [1.165, 1.54) is 0 Å². The van der Waals surface area contributed by atoms with Crippen LogP contribution < -0.4 is 10.1 Å². The Morgan fingerprint density at radius 3 is 3.06 bits per heavy atom. The molecule has 18 heavy (non-hydrogen) atoms. The maximum atomic E-state index is 11.9. The summed E-state index contributed by atoms with van der Waals surface area (Å²) >= 11 is 0. The highest BCUT2D eigenvalue weighted by Gasteiger charge is 2.35. The molecule has 98 valence electrons. The highest BCUT2D eigenvalue weighted by Crippen LogP contribution is 2.28. The molecule has 0 aliphatic carbocycles. The van der Waals surface area contributed by atoms with Gasteiger partial charge in [0.05, 0.1) is 19.6 Å². The van der Waals surface area contributed by atoms with Crippen LogP contribution in [0.2, 0.25) is 0 Å². The van der Waals surface area contributed by atoms with E-state index in [0.717, 1.165) is 12.2 Å². The molecule has 5 heteroatoms. The fourth-order valence-corrected chi connectivity index (χ4v) is 2.24. The minimum Gasteiger partial charge on any atom is -0.481 e. The van der Waals surface area contributed by atoms with Gasteiger partial charge >= 0.3 is 5.97 Å². The number of rotatable bonds is 4. The van der Waals surface area contributed by atoms with E-state index in [2.05, 4.69) is 10.3 Å². The molecule has 1 aromatic heterocycles. The number of carbonyl (C=O) groups excluding carboxylic acids is 1. The predicted molar refractivity (Wildman–Crippen MR) is 66.5 cm³/mol. The maximum absolute atomic E-state index is 11.9. The highest BCUT2D eigenvalue weighted by molar-refractivity contribution is 5.74. The Morgan fingerprint density at radius 2 is 2.33 bits per heavy atom. The van der Waals surface area contributed by atoms with Gasteiger partial charge in [-0.15, -0.1) is 0 Å². The van der Waals surface area contributed by atoms with Crippen molar-refractivity contribution in [1.29, 1.82) is 0 Å². The average molecular weight is 250 g/mol. The van der Waals surface area contributed by atoms with Gasteiger partial charge < -0.3 is 14.8 Å². The molecule has 5 nitrogen and oxygen atoms in total. The van der Waals surface area contributed by atoms with Gasteiger partial charge in [0.25, 0.3) is 0 Å². The molecular formula is C13H18N2O3. The van der Waals surface area contributed by atoms with Crippen LogP contribution in [0.1, 0.15) is 18.5 Å². The number of aromatic nitrogens is 1. The van der Waals surface area contributed by atoms with Crippen molar-refractivity contribution >= 4 is 5.97 Å². The molecule has 0 spiro atoms. The summed E-state index contributed by atoms with van der Waals surface area (Å²) in [6, 6.07) is 5.61. The normalized spacial score (nSPS) is 22.8. The van der Waals surface area contributed by atoms with Gasteiger partial charge in [-0.25, -0.2) is 4.98 Å². The van der Waals surface area contributed by atoms with Crippen LogP contribution in [-0.4, -0.2) is 37.8 Å². The van der Waals surface area contributed by atoms with Crippen LogP contribution in [0.5, 0.6) is 5.88 Å². The van der Waals surface area contributed by atoms with E-state index >= 15 is 0 Å². The lowest BCUT2D eigenvalue weighted by molar-refractivity contribution is -0.147. The van der Waals surface area contributed by atoms with E-state index in [0.29, 0.717) is 19.0 Å². The second kappa shape index (κ2) is 5.82. The SMILES string of the molecule is CCOC(=O)C1CNCC1c1cccc(OC)n1. The van der Waals surface area contributed by atoms with Crippen LogP contribution in [0, 0.1) is 5.92 Å². The molecule has 1 aliphatic rings. The van der Waals surface area contributed by atoms with Crippen LogP contribution >= 0.6 is 0 Å². The second-order valence-electron chi connectivity index (χ2n) is 4.23. The van der Waals surface area contributed by atoms with Gasteiger partial charge in [0.1, 0.15) is 0 Å². The number of carbonyl (C=O) groups is 1. The van der Waals surface area contributed by atoms with Gasteiger partial charge in [-0.2, -0.15) is 0 Å². The molecule has 1 fully saturated rings. The predicted octanol–water partition coefficient (Wildman–Crippen LogP) is 0.956. The molecule has 2 heterocycles. The summed E-state index contributed by atoms with van der Waals surface area (Å²) in [5.41, 5.74) is 0.873. The number of pyridine rings is 1. The van der Waals surface area contributed by atoms with Crippen LogP contribution in [0.3, 0.4) is 0 Å². The third-order valence-corrected chi connectivity index (χ3v) is 3.14. The molecule has 1 aliphatic heterocycles. The number of ether oxygens (including phenoxy) is 2. The minimum atomic E-state index is -0.162. The average Bonchev–Trinajstić information content (AvgIpc) is 2.88. The van der Waals surface area contributed by atoms with Gasteiger partial charge in [0.15, 0.2) is 0 Å². The van der Waals surface area contributed by atoms with Crippen LogP contribution in [-0.2, 0) is 9.53 Å². The van der Waals surface area contributed by atoms with Crippen molar-refractivity contribution in [1.82, 2.24) is 10.3 Å². The Hall–Kier alpha value is -1.62. The van der Waals surface area contributed by atoms with Crippen LogP contribution in [0.15, 0.2) is 18.2 Å². The van der Waals surface area contributed by atoms with Gasteiger partial charge in [-0.3, -0.25) is 4.79 Å². The van der Waals surface area contributed by atoms with E-state index in [9.17, 15) is 4.79 Å². The fourth-order valence-electron chi connectivity index (χ4n) is 2.24. The van der Waals surface area contributed by atoms with Gasteiger partial charge in [-0.1, -0.05) is 6.07 Å². The minimum absolute atomic E-state index is 0.0548. The molecule has 0 saturated carbocycles. The summed E-state index contributed by atoms with van der Waals surface area (Å²) < 4.78 is 10.2. The zero-order chi connectivity index (χ0) is 13.0. The molecule has 2 atom stereocenters. The molecule has 0 aromatic carbocycles. The zero-order valence-corrected chi connectivity index (χ0v) is 10.7. The topological polar surface area (TPSA) is 60.5 Å². The lowest BCUT2D eigenvalue weighted by atomic mass is 9.92. The van der Waals surface area contributed by atoms with E-state index in [4.69, 9.17) is 9.47 Å². The summed E-state index contributed by atoms with van der Waals surface area (Å²) in [4.78, 5) is 16.3. The number of nitrogens with zero attached hydrogens (tertiary/aromatic N) is 1. The summed E-state index contributed by atoms with van der Waals surface area (Å²) in [6.07, 6.45) is 0. The smallest absolute Gasteiger partial charge is 0.310 e. The Kier molecular flexibility index (Phi) is 4.15. The van der Waals surface area contributed by atoms with E-state index < -0.39 is 0 Å². The van der Waals surface area contributed by atoms with Crippen molar-refractivity contribution in [2.45, 2.75) is 12.8 Å². The summed E-state index contributed by atoms with van der Waals surface area (Å²) in [6.45, 7) is 3.61. The van der Waals surface area contributed by atoms with Gasteiger partial charge in [0.2, 0.25) is 5.88 Å². The third-order valence-electron chi connectivity index (χ3n) is 3.14. The fraction of sp³-hybridized carbons (Fsp3) is 0.538. The molecule has 1 aromatic rings. The van der Waals surface area contributed by atoms with Crippen molar-refractivity contribution < 1.29 is 14.3 Å². The lowest BCUT2D eigenvalue weighted by Crippen LogP contribution is -2.24. The number of hydrogen-bond donors (Lipinski definition) is 1. The summed E-state index contributed by atoms with van der Waals surface area (Å²) in [5.74, 6) is 0.308. The van der Waals surface area contributed by atoms with Crippen molar-refractivity contribution in [3.8, 4) is 5.88 Å². The van der Waals surface area contributed by atoms with Gasteiger partial charge in [-0.05, 0) is 13.0 Å². The first kappa shape index (κ1) is 12.8. The molecule has 1 saturated heterocycles. The van der Waals surface area contributed by atoms with E-state index in [-0.39, 0.29) is 17.8 Å². The zero-order valence-electron chi connectivity index (χ0n) is 10.7. The quantitative estimate of drug-likeness (QED) is 0.806. The lowest BCUT2D eigenvalue weighted by Gasteiger charge is -2.16. The standard InChI is InChI=1S/C13H18N2O3/c1-3-18-13(16)10-8-14-7-9(10)11-5-4-6-12(15-11)17-2/h4-6,9-10,14H,3,7-8H2,1-2H3. The van der Waals surface area contributed by atoms with Crippen molar-refractivity contribution in [2.75, 3.05) is 26.8 Å². The largest absolute Gasteiger partial charge is 0.481 e. The molecule has 2 unspecified atom stereocenters. The molecule has 0 radical (unpaired) electrons. The first-order valence-electron chi connectivity index (χ1n) is 6.14. The van der Waals surface area contributed by atoms with Crippen LogP contribution in [0.25, 0.3) is 0 Å². The Morgan fingerprint density at radius 1 is 1.50 bits per heavy atom. The Balaban J connectivity index is 2.17. The number of nitrogens with one attached hydrogen (secondary N) is 1. The Bertz CT molecular complexity index is 422. The van der Waals surface area contributed by atoms with Crippen molar-refractivity contribution in [3.05, 3.63) is 23.9 Å². The van der Waals surface area contributed by atoms with Crippen LogP contribution in [0.4, 0.5) is 0 Å². The van der Waals surface area contributed by atoms with E-state index in [1.807, 2.05) is 19.1 Å². The Labute approximate surface area is 107 Å². The van der Waals surface area contributed by atoms with E-state index in [1.54, 1.807) is 13.2 Å². The first-order valence-corrected chi connectivity index (χ1v) is 6.14. The van der Waals surface area contributed by atoms with Crippen molar-refractivity contribution in [2.24, 2.45) is 5.92 Å². The molecule has 0 bridgehead atoms. The number of esters is 1. The third kappa shape index (κ3) is 2.61. The molecular weight excluding hydrogens is 232 g/mol. The maximum Gasteiger partial charge on any atom is 0.310 e. The number of methoxy groups -OCH3 is 1. The molecule has 1 N–H and O–H groups in total. The second-order valence-corrected chi connectivity index (χ2v) is 4.23. The summed E-state index contributed by atoms with van der Waals surface area (Å²) in [7, 11) is 1.59. The van der Waals surface area contributed by atoms with Crippen molar-refractivity contribution in [3.63, 3.8) is 0 Å². The monoisotopic (exact) mass is 250 g/mol.